The zero-order valence-electron chi connectivity index (χ0n) is 16.2. The maximum atomic E-state index is 5.94. The lowest BCUT2D eigenvalue weighted by molar-refractivity contribution is 0.122. The van der Waals surface area contributed by atoms with E-state index in [9.17, 15) is 0 Å². The first kappa shape index (κ1) is 18.0. The van der Waals surface area contributed by atoms with Crippen LogP contribution in [0.4, 0.5) is 17.5 Å². The first-order valence-electron chi connectivity index (χ1n) is 9.97. The largest absolute Gasteiger partial charge is 0.378 e. The third kappa shape index (κ3) is 3.54. The average Bonchev–Trinajstić information content (AvgIpc) is 2.79. The quantitative estimate of drug-likeness (QED) is 0.673. The number of para-hydroxylation sites is 1. The van der Waals surface area contributed by atoms with Gasteiger partial charge in [-0.2, -0.15) is 9.97 Å². The number of nitrogens with zero attached hydrogens (tertiary/aromatic N) is 6. The van der Waals surface area contributed by atoms with Crippen LogP contribution < -0.4 is 20.9 Å². The van der Waals surface area contributed by atoms with Gasteiger partial charge >= 0.3 is 0 Å². The van der Waals surface area contributed by atoms with Crippen molar-refractivity contribution in [3.05, 3.63) is 30.5 Å². The van der Waals surface area contributed by atoms with Crippen molar-refractivity contribution >= 4 is 28.6 Å². The lowest BCUT2D eigenvalue weighted by Crippen LogP contribution is -2.43. The van der Waals surface area contributed by atoms with Crippen LogP contribution in [0.25, 0.3) is 22.4 Å². The van der Waals surface area contributed by atoms with E-state index in [0.29, 0.717) is 24.4 Å². The second kappa shape index (κ2) is 7.76. The van der Waals surface area contributed by atoms with E-state index in [1.54, 1.807) is 6.20 Å². The Morgan fingerprint density at radius 2 is 1.72 bits per heavy atom. The van der Waals surface area contributed by atoms with Crippen molar-refractivity contribution in [1.29, 1.82) is 0 Å². The summed E-state index contributed by atoms with van der Waals surface area (Å²) in [7, 11) is 0. The molecule has 4 heterocycles. The van der Waals surface area contributed by atoms with Crippen LogP contribution in [-0.2, 0) is 4.74 Å². The maximum absolute atomic E-state index is 5.94. The zero-order valence-corrected chi connectivity index (χ0v) is 16.2. The summed E-state index contributed by atoms with van der Waals surface area (Å²) < 4.78 is 5.48. The van der Waals surface area contributed by atoms with E-state index in [0.717, 1.165) is 56.3 Å². The molecule has 5 rings (SSSR count). The minimum atomic E-state index is 0.210. The maximum Gasteiger partial charge on any atom is 0.224 e. The molecule has 150 valence electrons. The summed E-state index contributed by atoms with van der Waals surface area (Å²) in [6.07, 6.45) is 1.78. The van der Waals surface area contributed by atoms with Crippen molar-refractivity contribution in [2.75, 3.05) is 68.0 Å². The summed E-state index contributed by atoms with van der Waals surface area (Å²) >= 11 is 0. The Labute approximate surface area is 168 Å². The highest BCUT2D eigenvalue weighted by Gasteiger charge is 2.21. The Bertz CT molecular complexity index is 1010. The molecule has 0 bridgehead atoms. The summed E-state index contributed by atoms with van der Waals surface area (Å²) in [6, 6.07) is 8.35. The fourth-order valence-electron chi connectivity index (χ4n) is 3.91. The van der Waals surface area contributed by atoms with Gasteiger partial charge in [-0.3, -0.25) is 0 Å². The predicted molar refractivity (Wildman–Crippen MR) is 113 cm³/mol. The molecule has 0 unspecified atom stereocenters. The molecular weight excluding hydrogens is 368 g/mol. The normalized spacial score (nSPS) is 17.7. The van der Waals surface area contributed by atoms with Crippen molar-refractivity contribution in [1.82, 2.24) is 25.3 Å². The van der Waals surface area contributed by atoms with Crippen LogP contribution in [0.3, 0.4) is 0 Å². The van der Waals surface area contributed by atoms with Crippen molar-refractivity contribution in [2.45, 2.75) is 0 Å². The molecule has 1 aromatic carbocycles. The number of morpholine rings is 1. The Hall–Kier alpha value is -3.04. The van der Waals surface area contributed by atoms with E-state index in [1.165, 1.54) is 5.69 Å². The van der Waals surface area contributed by atoms with Gasteiger partial charge in [-0.1, -0.05) is 18.2 Å². The molecule has 2 aromatic heterocycles. The number of hydrogen-bond acceptors (Lipinski definition) is 9. The van der Waals surface area contributed by atoms with Gasteiger partial charge < -0.3 is 25.6 Å². The van der Waals surface area contributed by atoms with E-state index in [1.807, 2.05) is 6.07 Å². The van der Waals surface area contributed by atoms with Crippen LogP contribution in [0.1, 0.15) is 0 Å². The first-order valence-corrected chi connectivity index (χ1v) is 9.97. The van der Waals surface area contributed by atoms with Crippen molar-refractivity contribution in [2.24, 2.45) is 0 Å². The SMILES string of the molecule is Nc1nc(N2CCOCC2)c2nc(-c3ccccc3N3CCNCC3)cnc2n1. The first-order chi connectivity index (χ1) is 14.3. The number of benzene rings is 1. The molecule has 0 amide bonds. The van der Waals surface area contributed by atoms with E-state index in [2.05, 4.69) is 48.3 Å². The highest BCUT2D eigenvalue weighted by atomic mass is 16.5. The Balaban J connectivity index is 1.61. The topological polar surface area (TPSA) is 105 Å². The number of fused-ring (bicyclic) bond motifs is 1. The molecule has 29 heavy (non-hydrogen) atoms. The Morgan fingerprint density at radius 3 is 2.55 bits per heavy atom. The number of piperazine rings is 1. The highest BCUT2D eigenvalue weighted by Crippen LogP contribution is 2.32. The second-order valence-electron chi connectivity index (χ2n) is 7.19. The molecule has 0 spiro atoms. The van der Waals surface area contributed by atoms with E-state index in [-0.39, 0.29) is 5.95 Å². The second-order valence-corrected chi connectivity index (χ2v) is 7.19. The third-order valence-corrected chi connectivity index (χ3v) is 5.35. The molecule has 3 N–H and O–H groups in total. The third-order valence-electron chi connectivity index (χ3n) is 5.35. The van der Waals surface area contributed by atoms with Crippen LogP contribution in [0, 0.1) is 0 Å². The van der Waals surface area contributed by atoms with Crippen LogP contribution >= 0.6 is 0 Å². The Morgan fingerprint density at radius 1 is 0.931 bits per heavy atom. The molecule has 9 nitrogen and oxygen atoms in total. The van der Waals surface area contributed by atoms with Crippen molar-refractivity contribution < 1.29 is 4.74 Å². The molecule has 2 aliphatic heterocycles. The molecule has 2 saturated heterocycles. The number of aromatic nitrogens is 4. The average molecular weight is 392 g/mol. The summed E-state index contributed by atoms with van der Waals surface area (Å²) in [6.45, 7) is 6.70. The Kier molecular flexibility index (Phi) is 4.82. The predicted octanol–water partition coefficient (Wildman–Crippen LogP) is 0.915. The number of nitrogens with two attached hydrogens (primary N) is 1. The monoisotopic (exact) mass is 392 g/mol. The summed E-state index contributed by atoms with van der Waals surface area (Å²) in [5.41, 5.74) is 10.2. The van der Waals surface area contributed by atoms with Crippen molar-refractivity contribution in [3.63, 3.8) is 0 Å². The number of anilines is 3. The molecule has 0 atom stereocenters. The molecule has 9 heteroatoms. The van der Waals surface area contributed by atoms with E-state index in [4.69, 9.17) is 15.5 Å². The minimum absolute atomic E-state index is 0.210. The van der Waals surface area contributed by atoms with E-state index < -0.39 is 0 Å². The van der Waals surface area contributed by atoms with Gasteiger partial charge in [0, 0.05) is 50.5 Å². The van der Waals surface area contributed by atoms with Crippen LogP contribution in [0.15, 0.2) is 30.5 Å². The molecule has 0 radical (unpaired) electrons. The van der Waals surface area contributed by atoms with E-state index >= 15 is 0 Å². The molecular formula is C20H24N8O. The fourth-order valence-corrected chi connectivity index (χ4v) is 3.91. The number of nitrogens with one attached hydrogen (secondary N) is 1. The molecule has 2 aliphatic rings. The zero-order chi connectivity index (χ0) is 19.6. The van der Waals surface area contributed by atoms with Gasteiger partial charge in [0.25, 0.3) is 0 Å². The van der Waals surface area contributed by atoms with Crippen LogP contribution in [0.2, 0.25) is 0 Å². The van der Waals surface area contributed by atoms with Crippen LogP contribution in [-0.4, -0.2) is 72.4 Å². The summed E-state index contributed by atoms with van der Waals surface area (Å²) in [5.74, 6) is 0.937. The van der Waals surface area contributed by atoms with Gasteiger partial charge in [0.2, 0.25) is 5.95 Å². The van der Waals surface area contributed by atoms with Gasteiger partial charge in [-0.25, -0.2) is 9.97 Å². The highest BCUT2D eigenvalue weighted by molar-refractivity contribution is 5.87. The van der Waals surface area contributed by atoms with Crippen molar-refractivity contribution in [3.8, 4) is 11.3 Å². The summed E-state index contributed by atoms with van der Waals surface area (Å²) in [4.78, 5) is 22.8. The molecule has 0 saturated carbocycles. The number of rotatable bonds is 3. The number of nitrogen functional groups attached to an aromatic ring is 1. The number of hydrogen-bond donors (Lipinski definition) is 2. The molecule has 2 fully saturated rings. The number of ether oxygens (including phenoxy) is 1. The lowest BCUT2D eigenvalue weighted by Gasteiger charge is -2.31. The van der Waals surface area contributed by atoms with Gasteiger partial charge in [0.05, 0.1) is 25.1 Å². The van der Waals surface area contributed by atoms with Crippen LogP contribution in [0.5, 0.6) is 0 Å². The summed E-state index contributed by atoms with van der Waals surface area (Å²) in [5, 5.41) is 3.40. The molecule has 3 aromatic rings. The van der Waals surface area contributed by atoms with Gasteiger partial charge in [-0.05, 0) is 6.07 Å². The standard InChI is InChI=1S/C20H24N8O/c21-20-25-18-17(19(26-20)28-9-11-29-12-10-28)24-15(13-23-18)14-3-1-2-4-16(14)27-7-5-22-6-8-27/h1-4,13,22H,5-12H2,(H2,21,23,25,26). The van der Waals surface area contributed by atoms with Gasteiger partial charge in [0.15, 0.2) is 17.0 Å². The minimum Gasteiger partial charge on any atom is -0.378 e. The smallest absolute Gasteiger partial charge is 0.224 e. The lowest BCUT2D eigenvalue weighted by atomic mass is 10.1. The van der Waals surface area contributed by atoms with Gasteiger partial charge in [-0.15, -0.1) is 0 Å². The molecule has 0 aliphatic carbocycles. The fraction of sp³-hybridized carbons (Fsp3) is 0.400. The van der Waals surface area contributed by atoms with Gasteiger partial charge in [0.1, 0.15) is 0 Å².